The molecule has 2 aromatic rings. The van der Waals surface area contributed by atoms with Crippen molar-refractivity contribution in [1.82, 2.24) is 0 Å². The minimum absolute atomic E-state index is 0.188. The summed E-state index contributed by atoms with van der Waals surface area (Å²) in [4.78, 5) is 39.1. The summed E-state index contributed by atoms with van der Waals surface area (Å²) in [6, 6.07) is 13.5. The van der Waals surface area contributed by atoms with Crippen molar-refractivity contribution in [2.75, 3.05) is 25.7 Å². The quantitative estimate of drug-likeness (QED) is 0.522. The molecule has 0 aliphatic carbocycles. The number of carbonyl (C=O) groups is 3. The minimum atomic E-state index is -0.568. The Balaban J connectivity index is 2.05. The number of methoxy groups -OCH3 is 2. The number of hydrogen-bond donors (Lipinski definition) is 0. The molecule has 1 aliphatic heterocycles. The van der Waals surface area contributed by atoms with E-state index in [1.54, 1.807) is 75.6 Å². The number of carbonyl (C=O) groups excluding carboxylic acids is 3. The van der Waals surface area contributed by atoms with Gasteiger partial charge in [0, 0.05) is 11.4 Å². The highest BCUT2D eigenvalue weighted by Gasteiger charge is 2.38. The van der Waals surface area contributed by atoms with Crippen LogP contribution in [0.4, 0.5) is 5.69 Å². The van der Waals surface area contributed by atoms with Gasteiger partial charge in [-0.2, -0.15) is 0 Å². The predicted octanol–water partition coefficient (Wildman–Crippen LogP) is 3.75. The van der Waals surface area contributed by atoms with Crippen molar-refractivity contribution in [2.45, 2.75) is 13.8 Å². The first-order valence-corrected chi connectivity index (χ1v) is 9.68. The molecule has 0 bridgehead atoms. The maximum Gasteiger partial charge on any atom is 0.340 e. The highest BCUT2D eigenvalue weighted by Crippen LogP contribution is 2.36. The SMILES string of the molecule is CCOC(=O)C1=C(C)N(c2ccc(OC)cc2)C(=O)/C1=C\c1ccc(C(=O)OC)cc1. The normalized spacial score (nSPS) is 14.8. The Kier molecular flexibility index (Phi) is 6.55. The van der Waals surface area contributed by atoms with Gasteiger partial charge in [-0.25, -0.2) is 9.59 Å². The molecular formula is C24H23NO6. The van der Waals surface area contributed by atoms with Crippen LogP contribution in [0.2, 0.25) is 0 Å². The second-order valence-electron chi connectivity index (χ2n) is 6.69. The number of hydrogen-bond acceptors (Lipinski definition) is 6. The van der Waals surface area contributed by atoms with Crippen LogP contribution in [0.1, 0.15) is 29.8 Å². The molecule has 160 valence electrons. The van der Waals surface area contributed by atoms with Crippen LogP contribution in [0.15, 0.2) is 65.4 Å². The van der Waals surface area contributed by atoms with E-state index in [2.05, 4.69) is 0 Å². The fourth-order valence-corrected chi connectivity index (χ4v) is 3.32. The van der Waals surface area contributed by atoms with Crippen LogP contribution in [-0.4, -0.2) is 38.7 Å². The van der Waals surface area contributed by atoms with Crippen molar-refractivity contribution in [3.8, 4) is 5.75 Å². The molecule has 7 nitrogen and oxygen atoms in total. The third-order valence-corrected chi connectivity index (χ3v) is 4.85. The summed E-state index contributed by atoms with van der Waals surface area (Å²) in [6.07, 6.45) is 1.61. The summed E-state index contributed by atoms with van der Waals surface area (Å²) in [7, 11) is 2.87. The second-order valence-corrected chi connectivity index (χ2v) is 6.69. The van der Waals surface area contributed by atoms with Gasteiger partial charge in [-0.05, 0) is 61.9 Å². The predicted molar refractivity (Wildman–Crippen MR) is 116 cm³/mol. The van der Waals surface area contributed by atoms with E-state index in [1.165, 1.54) is 12.0 Å². The summed E-state index contributed by atoms with van der Waals surface area (Å²) in [5, 5.41) is 0. The number of benzene rings is 2. The van der Waals surface area contributed by atoms with Gasteiger partial charge >= 0.3 is 11.9 Å². The Bertz CT molecular complexity index is 1060. The highest BCUT2D eigenvalue weighted by atomic mass is 16.5. The second kappa shape index (κ2) is 9.30. The zero-order valence-electron chi connectivity index (χ0n) is 17.8. The number of esters is 2. The van der Waals surface area contributed by atoms with Crippen molar-refractivity contribution in [3.05, 3.63) is 76.5 Å². The van der Waals surface area contributed by atoms with E-state index in [-0.39, 0.29) is 23.7 Å². The third-order valence-electron chi connectivity index (χ3n) is 4.85. The Morgan fingerprint density at radius 2 is 1.61 bits per heavy atom. The first-order chi connectivity index (χ1) is 14.9. The van der Waals surface area contributed by atoms with Crippen LogP contribution in [0.25, 0.3) is 6.08 Å². The van der Waals surface area contributed by atoms with Gasteiger partial charge in [0.15, 0.2) is 0 Å². The molecule has 0 saturated heterocycles. The van der Waals surface area contributed by atoms with E-state index in [4.69, 9.17) is 14.2 Å². The maximum absolute atomic E-state index is 13.3. The van der Waals surface area contributed by atoms with Crippen LogP contribution in [-0.2, 0) is 19.1 Å². The van der Waals surface area contributed by atoms with Crippen LogP contribution in [0.3, 0.4) is 0 Å². The molecule has 2 aromatic carbocycles. The molecular weight excluding hydrogens is 398 g/mol. The van der Waals surface area contributed by atoms with Crippen LogP contribution in [0, 0.1) is 0 Å². The Labute approximate surface area is 180 Å². The molecule has 1 aliphatic rings. The number of rotatable bonds is 6. The van der Waals surface area contributed by atoms with E-state index in [0.29, 0.717) is 28.3 Å². The lowest BCUT2D eigenvalue weighted by atomic mass is 10.0. The Morgan fingerprint density at radius 3 is 2.16 bits per heavy atom. The number of ether oxygens (including phenoxy) is 3. The molecule has 0 atom stereocenters. The standard InChI is InChI=1S/C24H23NO6/c1-5-31-24(28)21-15(2)25(18-10-12-19(29-3)13-11-18)22(26)20(21)14-16-6-8-17(9-7-16)23(27)30-4/h6-14H,5H2,1-4H3/b20-14-. The lowest BCUT2D eigenvalue weighted by molar-refractivity contribution is -0.138. The van der Waals surface area contributed by atoms with Gasteiger partial charge in [0.1, 0.15) is 5.75 Å². The van der Waals surface area contributed by atoms with Crippen LogP contribution in [0.5, 0.6) is 5.75 Å². The largest absolute Gasteiger partial charge is 0.497 e. The monoisotopic (exact) mass is 421 g/mol. The van der Waals surface area contributed by atoms with Crippen molar-refractivity contribution in [2.24, 2.45) is 0 Å². The van der Waals surface area contributed by atoms with E-state index >= 15 is 0 Å². The molecule has 0 N–H and O–H groups in total. The molecule has 0 spiro atoms. The van der Waals surface area contributed by atoms with Crippen molar-refractivity contribution in [1.29, 1.82) is 0 Å². The van der Waals surface area contributed by atoms with Gasteiger partial charge in [-0.3, -0.25) is 9.69 Å². The first kappa shape index (κ1) is 21.8. The summed E-state index contributed by atoms with van der Waals surface area (Å²) >= 11 is 0. The summed E-state index contributed by atoms with van der Waals surface area (Å²) in [5.74, 6) is -0.710. The zero-order chi connectivity index (χ0) is 22.5. The summed E-state index contributed by atoms with van der Waals surface area (Å²) in [5.41, 5.74) is 2.56. The van der Waals surface area contributed by atoms with Crippen molar-refractivity contribution < 1.29 is 28.6 Å². The van der Waals surface area contributed by atoms with Crippen molar-refractivity contribution >= 4 is 29.6 Å². The minimum Gasteiger partial charge on any atom is -0.497 e. The number of allylic oxidation sites excluding steroid dienone is 1. The van der Waals surface area contributed by atoms with E-state index < -0.39 is 11.9 Å². The molecule has 1 amide bonds. The van der Waals surface area contributed by atoms with E-state index in [9.17, 15) is 14.4 Å². The number of amides is 1. The summed E-state index contributed by atoms with van der Waals surface area (Å²) < 4.78 is 15.1. The molecule has 1 heterocycles. The van der Waals surface area contributed by atoms with Crippen molar-refractivity contribution in [3.63, 3.8) is 0 Å². The van der Waals surface area contributed by atoms with Crippen LogP contribution < -0.4 is 9.64 Å². The molecule has 0 radical (unpaired) electrons. The smallest absolute Gasteiger partial charge is 0.340 e. The molecule has 31 heavy (non-hydrogen) atoms. The molecule has 3 rings (SSSR count). The van der Waals surface area contributed by atoms with E-state index in [0.717, 1.165) is 0 Å². The fourth-order valence-electron chi connectivity index (χ4n) is 3.32. The average molecular weight is 421 g/mol. The molecule has 0 fully saturated rings. The maximum atomic E-state index is 13.3. The topological polar surface area (TPSA) is 82.1 Å². The molecule has 0 unspecified atom stereocenters. The first-order valence-electron chi connectivity index (χ1n) is 9.68. The lowest BCUT2D eigenvalue weighted by Crippen LogP contribution is -2.24. The summed E-state index contributed by atoms with van der Waals surface area (Å²) in [6.45, 7) is 3.60. The fraction of sp³-hybridized carbons (Fsp3) is 0.208. The highest BCUT2D eigenvalue weighted by molar-refractivity contribution is 6.23. The van der Waals surface area contributed by atoms with Gasteiger partial charge in [0.25, 0.3) is 5.91 Å². The molecule has 7 heteroatoms. The Hall–Kier alpha value is -3.87. The van der Waals surface area contributed by atoms with Gasteiger partial charge in [-0.1, -0.05) is 12.1 Å². The Morgan fingerprint density at radius 1 is 0.968 bits per heavy atom. The zero-order valence-corrected chi connectivity index (χ0v) is 17.8. The molecule has 0 saturated carbocycles. The lowest BCUT2D eigenvalue weighted by Gasteiger charge is -2.18. The van der Waals surface area contributed by atoms with Gasteiger partial charge in [-0.15, -0.1) is 0 Å². The van der Waals surface area contributed by atoms with Crippen LogP contribution >= 0.6 is 0 Å². The van der Waals surface area contributed by atoms with Gasteiger partial charge < -0.3 is 14.2 Å². The molecule has 0 aromatic heterocycles. The number of nitrogens with zero attached hydrogens (tertiary/aromatic N) is 1. The van der Waals surface area contributed by atoms with Gasteiger partial charge in [0.2, 0.25) is 0 Å². The average Bonchev–Trinajstić information content (AvgIpc) is 3.03. The van der Waals surface area contributed by atoms with Gasteiger partial charge in [0.05, 0.1) is 37.5 Å². The van der Waals surface area contributed by atoms with E-state index in [1.807, 2.05) is 0 Å². The third kappa shape index (κ3) is 4.35. The number of anilines is 1.